The van der Waals surface area contributed by atoms with E-state index in [1.165, 1.54) is 24.6 Å². The third kappa shape index (κ3) is 3.52. The van der Waals surface area contributed by atoms with Crippen molar-refractivity contribution in [1.29, 1.82) is 0 Å². The van der Waals surface area contributed by atoms with Crippen LogP contribution in [0.4, 0.5) is 8.78 Å². The number of rotatable bonds is 3. The quantitative estimate of drug-likeness (QED) is 0.639. The molecule has 1 aliphatic rings. The molecule has 20 heavy (non-hydrogen) atoms. The molecule has 0 bridgehead atoms. The zero-order valence-electron chi connectivity index (χ0n) is 12.4. The van der Waals surface area contributed by atoms with Crippen LogP contribution in [0.15, 0.2) is 18.2 Å². The van der Waals surface area contributed by atoms with Crippen LogP contribution in [-0.2, 0) is 6.42 Å². The molecule has 0 N–H and O–H groups in total. The molecule has 1 saturated carbocycles. The second-order valence-electron chi connectivity index (χ2n) is 6.94. The molecular formula is C17H23ClF2. The highest BCUT2D eigenvalue weighted by Gasteiger charge is 2.38. The fourth-order valence-electron chi connectivity index (χ4n) is 3.49. The molecule has 0 nitrogen and oxygen atoms in total. The van der Waals surface area contributed by atoms with Crippen molar-refractivity contribution in [2.24, 2.45) is 17.3 Å². The van der Waals surface area contributed by atoms with E-state index in [0.717, 1.165) is 12.8 Å². The standard InChI is InChI=1S/C17H23ClF2/c1-11-4-6-14(15(18)8-11)17(2,3)10-12-9-13(19)5-7-16(12)20/h5,7,9,11,14-15H,4,6,8,10H2,1-3H3. The Hall–Kier alpha value is -0.630. The summed E-state index contributed by atoms with van der Waals surface area (Å²) in [5, 5.41) is 0.130. The molecule has 0 saturated heterocycles. The zero-order chi connectivity index (χ0) is 14.9. The van der Waals surface area contributed by atoms with E-state index in [2.05, 4.69) is 20.8 Å². The summed E-state index contributed by atoms with van der Waals surface area (Å²) in [7, 11) is 0. The molecule has 112 valence electrons. The third-order valence-corrected chi connectivity index (χ3v) is 5.17. The lowest BCUT2D eigenvalue weighted by Crippen LogP contribution is -2.37. The molecule has 0 amide bonds. The van der Waals surface area contributed by atoms with Gasteiger partial charge in [-0.2, -0.15) is 0 Å². The van der Waals surface area contributed by atoms with Gasteiger partial charge in [0.2, 0.25) is 0 Å². The van der Waals surface area contributed by atoms with Gasteiger partial charge in [0.15, 0.2) is 0 Å². The maximum Gasteiger partial charge on any atom is 0.126 e. The summed E-state index contributed by atoms with van der Waals surface area (Å²) in [6.07, 6.45) is 3.78. The minimum atomic E-state index is -0.378. The first-order chi connectivity index (χ1) is 9.29. The molecule has 3 atom stereocenters. The van der Waals surface area contributed by atoms with Gasteiger partial charge in [-0.05, 0) is 60.3 Å². The molecule has 1 aliphatic carbocycles. The van der Waals surface area contributed by atoms with Crippen LogP contribution in [0.3, 0.4) is 0 Å². The van der Waals surface area contributed by atoms with Crippen LogP contribution in [-0.4, -0.2) is 5.38 Å². The van der Waals surface area contributed by atoms with Crippen molar-refractivity contribution in [2.45, 2.75) is 51.8 Å². The maximum atomic E-state index is 13.8. The Labute approximate surface area is 125 Å². The van der Waals surface area contributed by atoms with E-state index in [0.29, 0.717) is 23.8 Å². The minimum Gasteiger partial charge on any atom is -0.207 e. The van der Waals surface area contributed by atoms with Gasteiger partial charge in [0.1, 0.15) is 11.6 Å². The number of halogens is 3. The minimum absolute atomic E-state index is 0.124. The number of alkyl halides is 1. The summed E-state index contributed by atoms with van der Waals surface area (Å²) >= 11 is 6.53. The van der Waals surface area contributed by atoms with E-state index in [-0.39, 0.29) is 22.4 Å². The first-order valence-corrected chi connectivity index (χ1v) is 7.81. The SMILES string of the molecule is CC1CCC(C(C)(C)Cc2cc(F)ccc2F)C(Cl)C1. The molecule has 1 aromatic carbocycles. The van der Waals surface area contributed by atoms with Gasteiger partial charge in [-0.3, -0.25) is 0 Å². The topological polar surface area (TPSA) is 0 Å². The van der Waals surface area contributed by atoms with Crippen LogP contribution < -0.4 is 0 Å². The normalized spacial score (nSPS) is 27.6. The van der Waals surface area contributed by atoms with E-state index in [4.69, 9.17) is 11.6 Å². The third-order valence-electron chi connectivity index (χ3n) is 4.69. The van der Waals surface area contributed by atoms with Gasteiger partial charge < -0.3 is 0 Å². The van der Waals surface area contributed by atoms with Crippen LogP contribution in [0.1, 0.15) is 45.6 Å². The highest BCUT2D eigenvalue weighted by atomic mass is 35.5. The first-order valence-electron chi connectivity index (χ1n) is 7.37. The van der Waals surface area contributed by atoms with Crippen LogP contribution >= 0.6 is 11.6 Å². The highest BCUT2D eigenvalue weighted by Crippen LogP contribution is 2.44. The molecule has 0 heterocycles. The largest absolute Gasteiger partial charge is 0.207 e. The fraction of sp³-hybridized carbons (Fsp3) is 0.647. The lowest BCUT2D eigenvalue weighted by atomic mass is 9.66. The monoisotopic (exact) mass is 300 g/mol. The van der Waals surface area contributed by atoms with Crippen LogP contribution in [0.5, 0.6) is 0 Å². The Morgan fingerprint density at radius 2 is 1.95 bits per heavy atom. The first kappa shape index (κ1) is 15.8. The summed E-state index contributed by atoms with van der Waals surface area (Å²) in [6, 6.07) is 3.69. The number of hydrogen-bond donors (Lipinski definition) is 0. The molecule has 0 aromatic heterocycles. The number of benzene rings is 1. The van der Waals surface area contributed by atoms with E-state index in [1.807, 2.05) is 0 Å². The second-order valence-corrected chi connectivity index (χ2v) is 7.50. The molecule has 0 aliphatic heterocycles. The Kier molecular flexibility index (Phi) is 4.73. The molecule has 0 spiro atoms. The zero-order valence-corrected chi connectivity index (χ0v) is 13.2. The van der Waals surface area contributed by atoms with E-state index in [9.17, 15) is 8.78 Å². The molecule has 2 rings (SSSR count). The maximum absolute atomic E-state index is 13.8. The van der Waals surface area contributed by atoms with Gasteiger partial charge >= 0.3 is 0 Å². The molecule has 0 radical (unpaired) electrons. The number of hydrogen-bond acceptors (Lipinski definition) is 0. The summed E-state index contributed by atoms with van der Waals surface area (Å²) in [6.45, 7) is 6.46. The van der Waals surface area contributed by atoms with Crippen molar-refractivity contribution in [2.75, 3.05) is 0 Å². The molecule has 1 fully saturated rings. The van der Waals surface area contributed by atoms with Gasteiger partial charge in [-0.25, -0.2) is 8.78 Å². The van der Waals surface area contributed by atoms with Crippen LogP contribution in [0, 0.1) is 28.9 Å². The summed E-state index contributed by atoms with van der Waals surface area (Å²) in [5.74, 6) is 0.310. The fourth-order valence-corrected chi connectivity index (χ4v) is 4.26. The lowest BCUT2D eigenvalue weighted by Gasteiger charge is -2.42. The second kappa shape index (κ2) is 6.01. The van der Waals surface area contributed by atoms with Crippen molar-refractivity contribution in [1.82, 2.24) is 0 Å². The van der Waals surface area contributed by atoms with E-state index < -0.39 is 0 Å². The average Bonchev–Trinajstić information content (AvgIpc) is 2.33. The van der Waals surface area contributed by atoms with Gasteiger partial charge in [0, 0.05) is 5.38 Å². The molecule has 3 heteroatoms. The van der Waals surface area contributed by atoms with Gasteiger partial charge in [0.25, 0.3) is 0 Å². The molecule has 3 unspecified atom stereocenters. The predicted octanol–water partition coefficient (Wildman–Crippen LogP) is 5.58. The van der Waals surface area contributed by atoms with Crippen molar-refractivity contribution in [3.63, 3.8) is 0 Å². The Morgan fingerprint density at radius 3 is 2.60 bits per heavy atom. The molecule has 1 aromatic rings. The van der Waals surface area contributed by atoms with Crippen molar-refractivity contribution >= 4 is 11.6 Å². The highest BCUT2D eigenvalue weighted by molar-refractivity contribution is 6.20. The van der Waals surface area contributed by atoms with E-state index in [1.54, 1.807) is 0 Å². The smallest absolute Gasteiger partial charge is 0.126 e. The van der Waals surface area contributed by atoms with Crippen LogP contribution in [0.25, 0.3) is 0 Å². The van der Waals surface area contributed by atoms with Crippen molar-refractivity contribution in [3.05, 3.63) is 35.4 Å². The Bertz CT molecular complexity index is 470. The summed E-state index contributed by atoms with van der Waals surface area (Å²) in [5.41, 5.74) is 0.332. The molecular weight excluding hydrogens is 278 g/mol. The van der Waals surface area contributed by atoms with Crippen molar-refractivity contribution in [3.8, 4) is 0 Å². The van der Waals surface area contributed by atoms with Gasteiger partial charge in [-0.1, -0.05) is 27.2 Å². The lowest BCUT2D eigenvalue weighted by molar-refractivity contribution is 0.140. The van der Waals surface area contributed by atoms with E-state index >= 15 is 0 Å². The van der Waals surface area contributed by atoms with Gasteiger partial charge in [-0.15, -0.1) is 11.6 Å². The Balaban J connectivity index is 2.16. The predicted molar refractivity (Wildman–Crippen MR) is 80.0 cm³/mol. The van der Waals surface area contributed by atoms with Crippen LogP contribution in [0.2, 0.25) is 0 Å². The summed E-state index contributed by atoms with van der Waals surface area (Å²) in [4.78, 5) is 0. The van der Waals surface area contributed by atoms with Crippen molar-refractivity contribution < 1.29 is 8.78 Å². The van der Waals surface area contributed by atoms with Gasteiger partial charge in [0.05, 0.1) is 0 Å². The average molecular weight is 301 g/mol. The Morgan fingerprint density at radius 1 is 1.25 bits per heavy atom. The summed E-state index contributed by atoms with van der Waals surface area (Å²) < 4.78 is 27.1.